The molecule has 88 valence electrons. The molecule has 2 fully saturated rings. The molecule has 0 radical (unpaired) electrons. The maximum Gasteiger partial charge on any atom is 0.265 e. The van der Waals surface area contributed by atoms with Gasteiger partial charge in [0, 0.05) is 5.41 Å². The monoisotopic (exact) mass is 234 g/mol. The normalized spacial score (nSPS) is 43.5. The third kappa shape index (κ3) is 1.44. The molecule has 5 heteroatoms. The second kappa shape index (κ2) is 2.96. The molecule has 0 aromatic rings. The Hall–Kier alpha value is -0.130. The molecule has 0 aromatic heterocycles. The van der Waals surface area contributed by atoms with Crippen molar-refractivity contribution in [2.75, 3.05) is 6.26 Å². The van der Waals surface area contributed by atoms with Crippen molar-refractivity contribution in [3.63, 3.8) is 0 Å². The van der Waals surface area contributed by atoms with E-state index in [2.05, 4.69) is 0 Å². The predicted molar refractivity (Wildman–Crippen MR) is 55.8 cm³/mol. The summed E-state index contributed by atoms with van der Waals surface area (Å²) in [5.74, 6) is 0.370. The number of hydrogen-bond donors (Lipinski definition) is 1. The fraction of sp³-hybridized carbons (Fsp3) is 1.00. The summed E-state index contributed by atoms with van der Waals surface area (Å²) in [4.78, 5) is 0. The van der Waals surface area contributed by atoms with Gasteiger partial charge < -0.3 is 5.11 Å². The summed E-state index contributed by atoms with van der Waals surface area (Å²) in [7, 11) is -3.52. The molecule has 2 aliphatic carbocycles. The molecule has 0 aromatic carbocycles. The predicted octanol–water partition coefficient (Wildman–Crippen LogP) is 0.902. The molecular weight excluding hydrogens is 216 g/mol. The van der Waals surface area contributed by atoms with Crippen LogP contribution in [0.3, 0.4) is 0 Å². The van der Waals surface area contributed by atoms with Crippen LogP contribution in [0.4, 0.5) is 0 Å². The number of hydrogen-bond acceptors (Lipinski definition) is 4. The smallest absolute Gasteiger partial charge is 0.265 e. The standard InChI is InChI=1S/C10H18O4S/c1-9(2)7-4-5-10(9,8(11)6-7)14-15(3,12)13/h7-8,11H,4-6H2,1-3H3/t7-,8-,10+/m0/s1. The Kier molecular flexibility index (Phi) is 2.24. The Morgan fingerprint density at radius 1 is 1.40 bits per heavy atom. The highest BCUT2D eigenvalue weighted by Gasteiger charge is 2.66. The minimum atomic E-state index is -3.52. The Morgan fingerprint density at radius 3 is 2.33 bits per heavy atom. The number of aliphatic hydroxyl groups excluding tert-OH is 1. The maximum absolute atomic E-state index is 11.3. The van der Waals surface area contributed by atoms with Crippen LogP contribution in [0.15, 0.2) is 0 Å². The molecule has 0 saturated heterocycles. The van der Waals surface area contributed by atoms with E-state index in [4.69, 9.17) is 4.18 Å². The average Bonchev–Trinajstić information content (AvgIpc) is 2.34. The quantitative estimate of drug-likeness (QED) is 0.721. The first-order valence-corrected chi connectivity index (χ1v) is 7.09. The molecule has 1 N–H and O–H groups in total. The van der Waals surface area contributed by atoms with Gasteiger partial charge in [-0.05, 0) is 25.2 Å². The molecule has 0 spiro atoms. The summed E-state index contributed by atoms with van der Waals surface area (Å²) in [5, 5.41) is 9.98. The largest absolute Gasteiger partial charge is 0.390 e. The van der Waals surface area contributed by atoms with Crippen molar-refractivity contribution < 1.29 is 17.7 Å². The number of aliphatic hydroxyl groups is 1. The number of rotatable bonds is 2. The van der Waals surface area contributed by atoms with Crippen LogP contribution in [0.25, 0.3) is 0 Å². The summed E-state index contributed by atoms with van der Waals surface area (Å²) < 4.78 is 27.8. The fourth-order valence-electron chi connectivity index (χ4n) is 3.36. The summed E-state index contributed by atoms with van der Waals surface area (Å²) in [5.41, 5.74) is -1.14. The van der Waals surface area contributed by atoms with Crippen LogP contribution < -0.4 is 0 Å². The van der Waals surface area contributed by atoms with Crippen molar-refractivity contribution in [2.24, 2.45) is 11.3 Å². The second-order valence-corrected chi connectivity index (χ2v) is 6.96. The van der Waals surface area contributed by atoms with Crippen LogP contribution in [0, 0.1) is 11.3 Å². The SMILES string of the molecule is CC1(C)[C@H]2CC[C@@]1(OS(C)(=O)=O)[C@@H](O)C2. The molecule has 2 rings (SSSR count). The molecule has 0 amide bonds. The first-order valence-electron chi connectivity index (χ1n) is 5.28. The highest BCUT2D eigenvalue weighted by atomic mass is 32.2. The van der Waals surface area contributed by atoms with E-state index in [9.17, 15) is 13.5 Å². The lowest BCUT2D eigenvalue weighted by Crippen LogP contribution is -2.49. The van der Waals surface area contributed by atoms with E-state index in [0.29, 0.717) is 18.8 Å². The van der Waals surface area contributed by atoms with E-state index in [1.807, 2.05) is 13.8 Å². The van der Waals surface area contributed by atoms with E-state index in [-0.39, 0.29) is 5.41 Å². The minimum absolute atomic E-state index is 0.254. The minimum Gasteiger partial charge on any atom is -0.390 e. The lowest BCUT2D eigenvalue weighted by Gasteiger charge is -2.38. The molecule has 4 nitrogen and oxygen atoms in total. The average molecular weight is 234 g/mol. The summed E-state index contributed by atoms with van der Waals surface area (Å²) in [6, 6.07) is 0. The molecular formula is C10H18O4S. The zero-order chi connectivity index (χ0) is 11.5. The molecule has 2 bridgehead atoms. The van der Waals surface area contributed by atoms with Gasteiger partial charge in [-0.1, -0.05) is 13.8 Å². The highest BCUT2D eigenvalue weighted by molar-refractivity contribution is 7.86. The van der Waals surface area contributed by atoms with E-state index in [0.717, 1.165) is 12.7 Å². The molecule has 2 aliphatic rings. The van der Waals surface area contributed by atoms with Crippen molar-refractivity contribution >= 4 is 10.1 Å². The van der Waals surface area contributed by atoms with Gasteiger partial charge in [0.25, 0.3) is 10.1 Å². The molecule has 3 atom stereocenters. The Morgan fingerprint density at radius 2 is 2.00 bits per heavy atom. The fourth-order valence-corrected chi connectivity index (χ4v) is 4.31. The first-order chi connectivity index (χ1) is 6.69. The van der Waals surface area contributed by atoms with Gasteiger partial charge >= 0.3 is 0 Å². The van der Waals surface area contributed by atoms with Gasteiger partial charge in [0.1, 0.15) is 5.60 Å². The van der Waals surface area contributed by atoms with Gasteiger partial charge in [-0.15, -0.1) is 0 Å². The zero-order valence-electron chi connectivity index (χ0n) is 9.36. The maximum atomic E-state index is 11.3. The van der Waals surface area contributed by atoms with Gasteiger partial charge in [-0.3, -0.25) is 4.18 Å². The molecule has 15 heavy (non-hydrogen) atoms. The van der Waals surface area contributed by atoms with Crippen molar-refractivity contribution in [3.05, 3.63) is 0 Å². The molecule has 0 unspecified atom stereocenters. The van der Waals surface area contributed by atoms with Gasteiger partial charge in [0.05, 0.1) is 12.4 Å². The molecule has 0 heterocycles. The van der Waals surface area contributed by atoms with Crippen LogP contribution >= 0.6 is 0 Å². The first kappa shape index (κ1) is 11.4. The van der Waals surface area contributed by atoms with Crippen LogP contribution in [0.2, 0.25) is 0 Å². The van der Waals surface area contributed by atoms with Crippen molar-refractivity contribution in [1.29, 1.82) is 0 Å². The van der Waals surface area contributed by atoms with Gasteiger partial charge in [-0.2, -0.15) is 8.42 Å². The van der Waals surface area contributed by atoms with E-state index < -0.39 is 21.8 Å². The summed E-state index contributed by atoms with van der Waals surface area (Å²) in [6.07, 6.45) is 2.64. The summed E-state index contributed by atoms with van der Waals surface area (Å²) in [6.45, 7) is 3.98. The lowest BCUT2D eigenvalue weighted by atomic mass is 9.78. The van der Waals surface area contributed by atoms with Crippen molar-refractivity contribution in [1.82, 2.24) is 0 Å². The Bertz CT molecular complexity index is 373. The highest BCUT2D eigenvalue weighted by Crippen LogP contribution is 2.62. The van der Waals surface area contributed by atoms with Crippen LogP contribution in [0.5, 0.6) is 0 Å². The topological polar surface area (TPSA) is 63.6 Å². The van der Waals surface area contributed by atoms with Gasteiger partial charge in [-0.25, -0.2) is 0 Å². The van der Waals surface area contributed by atoms with E-state index in [1.54, 1.807) is 0 Å². The Balaban J connectivity index is 2.40. The zero-order valence-corrected chi connectivity index (χ0v) is 10.2. The molecule has 0 aliphatic heterocycles. The van der Waals surface area contributed by atoms with Crippen molar-refractivity contribution in [2.45, 2.75) is 44.8 Å². The van der Waals surface area contributed by atoms with Crippen molar-refractivity contribution in [3.8, 4) is 0 Å². The molecule has 2 saturated carbocycles. The van der Waals surface area contributed by atoms with Gasteiger partial charge in [0.2, 0.25) is 0 Å². The van der Waals surface area contributed by atoms with E-state index in [1.165, 1.54) is 0 Å². The second-order valence-electron chi connectivity index (χ2n) is 5.39. The van der Waals surface area contributed by atoms with Gasteiger partial charge in [0.15, 0.2) is 0 Å². The van der Waals surface area contributed by atoms with Crippen LogP contribution in [-0.4, -0.2) is 31.5 Å². The Labute approximate surface area is 90.8 Å². The summed E-state index contributed by atoms with van der Waals surface area (Å²) >= 11 is 0. The number of fused-ring (bicyclic) bond motifs is 2. The van der Waals surface area contributed by atoms with Crippen LogP contribution in [0.1, 0.15) is 33.1 Å². The van der Waals surface area contributed by atoms with E-state index >= 15 is 0 Å². The lowest BCUT2D eigenvalue weighted by molar-refractivity contribution is -0.0774. The third-order valence-electron chi connectivity index (χ3n) is 4.32. The van der Waals surface area contributed by atoms with Crippen LogP contribution in [-0.2, 0) is 14.3 Å². The third-order valence-corrected chi connectivity index (χ3v) is 4.92.